The van der Waals surface area contributed by atoms with Crippen LogP contribution in [0, 0.1) is 11.3 Å². The molecule has 0 aromatic heterocycles. The number of nitriles is 1. The summed E-state index contributed by atoms with van der Waals surface area (Å²) in [5.74, 6) is -0.709. The van der Waals surface area contributed by atoms with E-state index in [0.717, 1.165) is 5.39 Å². The van der Waals surface area contributed by atoms with Crippen molar-refractivity contribution < 1.29 is 9.90 Å². The summed E-state index contributed by atoms with van der Waals surface area (Å²) >= 11 is 0. The minimum Gasteiger partial charge on any atom is -0.505 e. The Kier molecular flexibility index (Phi) is 3.57. The molecule has 0 heterocycles. The van der Waals surface area contributed by atoms with E-state index in [1.54, 1.807) is 36.4 Å². The third kappa shape index (κ3) is 2.65. The number of aromatic hydroxyl groups is 1. The van der Waals surface area contributed by atoms with Gasteiger partial charge in [0.2, 0.25) is 0 Å². The third-order valence-electron chi connectivity index (χ3n) is 3.58. The van der Waals surface area contributed by atoms with Gasteiger partial charge in [-0.15, -0.1) is 0 Å². The van der Waals surface area contributed by atoms with Crippen molar-refractivity contribution in [1.29, 1.82) is 5.26 Å². The van der Waals surface area contributed by atoms with Gasteiger partial charge >= 0.3 is 0 Å². The highest BCUT2D eigenvalue weighted by Crippen LogP contribution is 2.33. The Balaban J connectivity index is 1.97. The molecule has 0 atom stereocenters. The molecule has 23 heavy (non-hydrogen) atoms. The predicted octanol–water partition coefficient (Wildman–Crippen LogP) is 3.25. The van der Waals surface area contributed by atoms with Crippen molar-refractivity contribution in [2.24, 2.45) is 0 Å². The van der Waals surface area contributed by atoms with Crippen molar-refractivity contribution in [1.82, 2.24) is 0 Å². The first-order valence-electron chi connectivity index (χ1n) is 6.92. The molecule has 4 N–H and O–H groups in total. The summed E-state index contributed by atoms with van der Waals surface area (Å²) < 4.78 is 0. The highest BCUT2D eigenvalue weighted by molar-refractivity contribution is 6.11. The van der Waals surface area contributed by atoms with Gasteiger partial charge in [-0.2, -0.15) is 5.26 Å². The molecule has 3 aromatic rings. The van der Waals surface area contributed by atoms with Crippen LogP contribution in [0.4, 0.5) is 11.4 Å². The molecule has 0 radical (unpaired) electrons. The summed E-state index contributed by atoms with van der Waals surface area (Å²) in [7, 11) is 0. The van der Waals surface area contributed by atoms with E-state index in [0.29, 0.717) is 16.6 Å². The van der Waals surface area contributed by atoms with E-state index in [2.05, 4.69) is 5.32 Å². The second kappa shape index (κ2) is 5.70. The summed E-state index contributed by atoms with van der Waals surface area (Å²) in [4.78, 5) is 12.4. The van der Waals surface area contributed by atoms with Crippen LogP contribution in [-0.2, 0) is 0 Å². The number of carbonyl (C=O) groups is 1. The van der Waals surface area contributed by atoms with Crippen molar-refractivity contribution in [3.8, 4) is 11.8 Å². The van der Waals surface area contributed by atoms with Gasteiger partial charge in [0.15, 0.2) is 5.75 Å². The molecule has 5 heteroatoms. The Labute approximate surface area is 132 Å². The number of hydrogen-bond acceptors (Lipinski definition) is 4. The number of nitrogens with one attached hydrogen (secondary N) is 1. The Morgan fingerprint density at radius 3 is 2.52 bits per heavy atom. The van der Waals surface area contributed by atoms with E-state index in [9.17, 15) is 9.90 Å². The first-order chi connectivity index (χ1) is 11.1. The molecule has 0 bridgehead atoms. The number of amides is 1. The number of hydrogen-bond donors (Lipinski definition) is 3. The summed E-state index contributed by atoms with van der Waals surface area (Å²) in [5.41, 5.74) is 7.23. The molecule has 0 saturated heterocycles. The lowest BCUT2D eigenvalue weighted by Crippen LogP contribution is -2.12. The summed E-state index contributed by atoms with van der Waals surface area (Å²) in [6.07, 6.45) is 0. The van der Waals surface area contributed by atoms with Crippen molar-refractivity contribution in [3.05, 3.63) is 65.7 Å². The van der Waals surface area contributed by atoms with E-state index < -0.39 is 5.91 Å². The van der Waals surface area contributed by atoms with E-state index in [4.69, 9.17) is 11.0 Å². The lowest BCUT2D eigenvalue weighted by Gasteiger charge is -2.11. The Morgan fingerprint density at radius 2 is 1.83 bits per heavy atom. The smallest absolute Gasteiger partial charge is 0.259 e. The van der Waals surface area contributed by atoms with Crippen molar-refractivity contribution in [2.45, 2.75) is 0 Å². The predicted molar refractivity (Wildman–Crippen MR) is 89.1 cm³/mol. The number of nitrogens with zero attached hydrogens (tertiary/aromatic N) is 1. The normalized spacial score (nSPS) is 10.2. The highest BCUT2D eigenvalue weighted by Gasteiger charge is 2.16. The van der Waals surface area contributed by atoms with Crippen LogP contribution in [0.2, 0.25) is 0 Å². The highest BCUT2D eigenvalue weighted by atomic mass is 16.3. The Hall–Kier alpha value is -3.52. The van der Waals surface area contributed by atoms with Crippen LogP contribution in [0.15, 0.2) is 54.6 Å². The molecule has 0 spiro atoms. The zero-order chi connectivity index (χ0) is 16.4. The van der Waals surface area contributed by atoms with E-state index in [1.165, 1.54) is 0 Å². The first-order valence-corrected chi connectivity index (χ1v) is 6.92. The molecular formula is C18H13N3O2. The number of phenols is 1. The van der Waals surface area contributed by atoms with Gasteiger partial charge in [-0.25, -0.2) is 0 Å². The molecule has 0 fully saturated rings. The third-order valence-corrected chi connectivity index (χ3v) is 3.58. The number of benzene rings is 3. The minimum absolute atomic E-state index is 0.102. The molecule has 5 nitrogen and oxygen atoms in total. The van der Waals surface area contributed by atoms with Gasteiger partial charge in [-0.05, 0) is 35.7 Å². The molecule has 0 aliphatic heterocycles. The monoisotopic (exact) mass is 303 g/mol. The van der Waals surface area contributed by atoms with Crippen molar-refractivity contribution >= 4 is 28.1 Å². The second-order valence-corrected chi connectivity index (χ2v) is 5.05. The van der Waals surface area contributed by atoms with Gasteiger partial charge in [0.25, 0.3) is 5.91 Å². The average Bonchev–Trinajstić information content (AvgIpc) is 2.58. The second-order valence-electron chi connectivity index (χ2n) is 5.05. The fraction of sp³-hybridized carbons (Fsp3) is 0. The van der Waals surface area contributed by atoms with E-state index in [-0.39, 0.29) is 17.0 Å². The number of fused-ring (bicyclic) bond motifs is 1. The van der Waals surface area contributed by atoms with Crippen LogP contribution in [0.1, 0.15) is 15.9 Å². The summed E-state index contributed by atoms with van der Waals surface area (Å²) in [6, 6.07) is 17.3. The molecule has 3 aromatic carbocycles. The number of phenolic OH excluding ortho intramolecular Hbond substituents is 1. The van der Waals surface area contributed by atoms with E-state index >= 15 is 0 Å². The van der Waals surface area contributed by atoms with Crippen LogP contribution in [-0.4, -0.2) is 11.0 Å². The average molecular weight is 303 g/mol. The number of nitrogens with two attached hydrogens (primary N) is 1. The lowest BCUT2D eigenvalue weighted by molar-refractivity contribution is 0.102. The number of rotatable bonds is 2. The fourth-order valence-corrected chi connectivity index (χ4v) is 2.36. The zero-order valence-corrected chi connectivity index (χ0v) is 12.1. The number of nitrogen functional groups attached to an aromatic ring is 1. The van der Waals surface area contributed by atoms with Crippen LogP contribution in [0.25, 0.3) is 10.8 Å². The quantitative estimate of drug-likeness (QED) is 0.500. The standard InChI is InChI=1S/C18H13N3O2/c19-10-11-5-7-13(8-6-11)21-18(23)15-9-12-3-1-2-4-14(12)16(20)17(15)22/h1-9,22H,20H2,(H,21,23). The van der Waals surface area contributed by atoms with E-state index in [1.807, 2.05) is 24.3 Å². The van der Waals surface area contributed by atoms with Gasteiger partial charge < -0.3 is 16.2 Å². The summed E-state index contributed by atoms with van der Waals surface area (Å²) in [5, 5.41) is 23.1. The minimum atomic E-state index is -0.468. The van der Waals surface area contributed by atoms with Crippen LogP contribution in [0.5, 0.6) is 5.75 Å². The lowest BCUT2D eigenvalue weighted by atomic mass is 10.0. The number of carbonyl (C=O) groups excluding carboxylic acids is 1. The summed E-state index contributed by atoms with van der Waals surface area (Å²) in [6.45, 7) is 0. The molecule has 0 aliphatic carbocycles. The van der Waals surface area contributed by atoms with Crippen molar-refractivity contribution in [2.75, 3.05) is 11.1 Å². The molecular weight excluding hydrogens is 290 g/mol. The van der Waals surface area contributed by atoms with Gasteiger partial charge in [-0.1, -0.05) is 24.3 Å². The Bertz CT molecular complexity index is 941. The topological polar surface area (TPSA) is 99.1 Å². The molecule has 0 aliphatic rings. The van der Waals surface area contributed by atoms with Crippen molar-refractivity contribution in [3.63, 3.8) is 0 Å². The van der Waals surface area contributed by atoms with Crippen LogP contribution >= 0.6 is 0 Å². The maximum Gasteiger partial charge on any atom is 0.259 e. The van der Waals surface area contributed by atoms with Gasteiger partial charge in [-0.3, -0.25) is 4.79 Å². The van der Waals surface area contributed by atoms with Gasteiger partial charge in [0.05, 0.1) is 22.9 Å². The Morgan fingerprint density at radius 1 is 1.13 bits per heavy atom. The molecule has 0 unspecified atom stereocenters. The van der Waals surface area contributed by atoms with Gasteiger partial charge in [0.1, 0.15) is 0 Å². The fourth-order valence-electron chi connectivity index (χ4n) is 2.36. The van der Waals surface area contributed by atoms with Crippen LogP contribution in [0.3, 0.4) is 0 Å². The molecule has 1 amide bonds. The zero-order valence-electron chi connectivity index (χ0n) is 12.1. The van der Waals surface area contributed by atoms with Crippen LogP contribution < -0.4 is 11.1 Å². The largest absolute Gasteiger partial charge is 0.505 e. The maximum atomic E-state index is 12.4. The molecule has 112 valence electrons. The molecule has 0 saturated carbocycles. The number of anilines is 2. The first kappa shape index (κ1) is 14.4. The van der Waals surface area contributed by atoms with Gasteiger partial charge in [0, 0.05) is 11.1 Å². The molecule has 3 rings (SSSR count). The SMILES string of the molecule is N#Cc1ccc(NC(=O)c2cc3ccccc3c(N)c2O)cc1. The maximum absolute atomic E-state index is 12.4.